The third kappa shape index (κ3) is 4.90. The lowest BCUT2D eigenvalue weighted by atomic mass is 10.1. The first-order valence-corrected chi connectivity index (χ1v) is 8.26. The van der Waals surface area contributed by atoms with Crippen molar-refractivity contribution < 1.29 is 9.66 Å². The molecule has 5 nitrogen and oxygen atoms in total. The highest BCUT2D eigenvalue weighted by Crippen LogP contribution is 2.33. The summed E-state index contributed by atoms with van der Waals surface area (Å²) < 4.78 is 6.16. The quantitative estimate of drug-likeness (QED) is 0.268. The number of nitriles is 1. The molecule has 1 rings (SSSR count). The summed E-state index contributed by atoms with van der Waals surface area (Å²) in [7, 11) is 0. The van der Waals surface area contributed by atoms with Crippen molar-refractivity contribution in [3.63, 3.8) is 0 Å². The molecule has 0 fully saturated rings. The summed E-state index contributed by atoms with van der Waals surface area (Å²) in [4.78, 5) is 10.5. The molecule has 0 saturated carbocycles. The van der Waals surface area contributed by atoms with Gasteiger partial charge in [0.25, 0.3) is 0 Å². The van der Waals surface area contributed by atoms with Gasteiger partial charge in [-0.25, -0.2) is 0 Å². The van der Waals surface area contributed by atoms with Gasteiger partial charge in [-0.2, -0.15) is 5.26 Å². The SMILES string of the molecule is CC(CCBr)CCOc1c(I)cc(C#N)cc1[N+](=O)[O-]. The van der Waals surface area contributed by atoms with E-state index in [2.05, 4.69) is 22.9 Å². The number of nitrogens with zero attached hydrogens (tertiary/aromatic N) is 2. The first-order chi connectivity index (χ1) is 9.49. The van der Waals surface area contributed by atoms with E-state index in [1.807, 2.05) is 28.7 Å². The molecule has 1 aromatic carbocycles. The molecule has 20 heavy (non-hydrogen) atoms. The van der Waals surface area contributed by atoms with Crippen molar-refractivity contribution in [3.05, 3.63) is 31.4 Å². The lowest BCUT2D eigenvalue weighted by Gasteiger charge is -2.12. The van der Waals surface area contributed by atoms with Crippen LogP contribution >= 0.6 is 38.5 Å². The van der Waals surface area contributed by atoms with Gasteiger partial charge in [-0.05, 0) is 47.4 Å². The summed E-state index contributed by atoms with van der Waals surface area (Å²) in [6.45, 7) is 2.54. The summed E-state index contributed by atoms with van der Waals surface area (Å²) in [5, 5.41) is 20.8. The number of nitro benzene ring substituents is 1. The van der Waals surface area contributed by atoms with Crippen molar-refractivity contribution >= 4 is 44.2 Å². The van der Waals surface area contributed by atoms with E-state index in [1.165, 1.54) is 6.07 Å². The minimum atomic E-state index is -0.514. The molecular weight excluding hydrogens is 439 g/mol. The summed E-state index contributed by atoms with van der Waals surface area (Å²) in [6, 6.07) is 4.75. The van der Waals surface area contributed by atoms with Crippen LogP contribution in [0.25, 0.3) is 0 Å². The molecule has 1 unspecified atom stereocenters. The Hall–Kier alpha value is -0.880. The molecule has 0 amide bonds. The molecule has 1 aromatic rings. The third-order valence-electron chi connectivity index (χ3n) is 2.81. The maximum absolute atomic E-state index is 11.0. The predicted molar refractivity (Wildman–Crippen MR) is 88.2 cm³/mol. The second kappa shape index (κ2) is 8.42. The van der Waals surface area contributed by atoms with Crippen molar-refractivity contribution in [1.29, 1.82) is 5.26 Å². The monoisotopic (exact) mass is 452 g/mol. The van der Waals surface area contributed by atoms with Gasteiger partial charge in [0.05, 0.1) is 26.7 Å². The molecule has 0 saturated heterocycles. The molecule has 0 N–H and O–H groups in total. The smallest absolute Gasteiger partial charge is 0.313 e. The Bertz CT molecular complexity index is 531. The average molecular weight is 453 g/mol. The van der Waals surface area contributed by atoms with Crippen LogP contribution in [0.3, 0.4) is 0 Å². The topological polar surface area (TPSA) is 76.2 Å². The Balaban J connectivity index is 2.84. The van der Waals surface area contributed by atoms with Gasteiger partial charge in [0.1, 0.15) is 0 Å². The number of ether oxygens (including phenoxy) is 1. The average Bonchev–Trinajstić information content (AvgIpc) is 2.40. The van der Waals surface area contributed by atoms with Crippen LogP contribution in [0, 0.1) is 30.9 Å². The van der Waals surface area contributed by atoms with Crippen LogP contribution in [-0.4, -0.2) is 16.9 Å². The minimum Gasteiger partial charge on any atom is -0.486 e. The van der Waals surface area contributed by atoms with Crippen LogP contribution in [0.1, 0.15) is 25.3 Å². The second-order valence-corrected chi connectivity index (χ2v) is 6.35. The zero-order valence-corrected chi connectivity index (χ0v) is 14.7. The van der Waals surface area contributed by atoms with Gasteiger partial charge < -0.3 is 4.74 Å². The van der Waals surface area contributed by atoms with E-state index < -0.39 is 4.92 Å². The first kappa shape index (κ1) is 17.2. The van der Waals surface area contributed by atoms with E-state index in [9.17, 15) is 10.1 Å². The van der Waals surface area contributed by atoms with Crippen LogP contribution in [0.15, 0.2) is 12.1 Å². The fraction of sp³-hybridized carbons (Fsp3) is 0.462. The maximum atomic E-state index is 11.0. The van der Waals surface area contributed by atoms with Crippen LogP contribution in [-0.2, 0) is 0 Å². The van der Waals surface area contributed by atoms with Gasteiger partial charge in [0, 0.05) is 11.4 Å². The molecule has 0 radical (unpaired) electrons. The van der Waals surface area contributed by atoms with E-state index >= 15 is 0 Å². The Morgan fingerprint density at radius 2 is 2.25 bits per heavy atom. The Labute approximate surface area is 139 Å². The fourth-order valence-corrected chi connectivity index (χ4v) is 3.16. The third-order valence-corrected chi connectivity index (χ3v) is 4.07. The van der Waals surface area contributed by atoms with Crippen molar-refractivity contribution in [1.82, 2.24) is 0 Å². The van der Waals surface area contributed by atoms with E-state index in [1.54, 1.807) is 6.07 Å². The largest absolute Gasteiger partial charge is 0.486 e. The summed E-state index contributed by atoms with van der Waals surface area (Å²) >= 11 is 5.34. The van der Waals surface area contributed by atoms with Crippen molar-refractivity contribution in [3.8, 4) is 11.8 Å². The number of hydrogen-bond donors (Lipinski definition) is 0. The minimum absolute atomic E-state index is 0.151. The molecule has 0 aliphatic rings. The van der Waals surface area contributed by atoms with E-state index in [0.717, 1.165) is 18.2 Å². The molecule has 0 heterocycles. The van der Waals surface area contributed by atoms with Gasteiger partial charge in [0.15, 0.2) is 0 Å². The van der Waals surface area contributed by atoms with Crippen molar-refractivity contribution in [2.75, 3.05) is 11.9 Å². The summed E-state index contributed by atoms with van der Waals surface area (Å²) in [5.74, 6) is 0.741. The second-order valence-electron chi connectivity index (χ2n) is 4.40. The fourth-order valence-electron chi connectivity index (χ4n) is 1.61. The highest BCUT2D eigenvalue weighted by molar-refractivity contribution is 14.1. The lowest BCUT2D eigenvalue weighted by molar-refractivity contribution is -0.386. The maximum Gasteiger partial charge on any atom is 0.313 e. The highest BCUT2D eigenvalue weighted by Gasteiger charge is 2.20. The normalized spacial score (nSPS) is 11.7. The lowest BCUT2D eigenvalue weighted by Crippen LogP contribution is -2.07. The number of halogens is 2. The molecule has 0 aliphatic carbocycles. The van der Waals surface area contributed by atoms with Crippen LogP contribution < -0.4 is 4.74 Å². The first-order valence-electron chi connectivity index (χ1n) is 6.06. The zero-order valence-electron chi connectivity index (χ0n) is 10.9. The van der Waals surface area contributed by atoms with E-state index in [-0.39, 0.29) is 17.0 Å². The standard InChI is InChI=1S/C13H14BrIN2O3/c1-9(2-4-14)3-5-20-13-11(15)6-10(8-16)7-12(13)17(18)19/h6-7,9H,2-5H2,1H3. The van der Waals surface area contributed by atoms with E-state index in [0.29, 0.717) is 16.1 Å². The van der Waals surface area contributed by atoms with Crippen molar-refractivity contribution in [2.24, 2.45) is 5.92 Å². The zero-order chi connectivity index (χ0) is 15.1. The molecule has 1 atom stereocenters. The molecule has 0 aliphatic heterocycles. The van der Waals surface area contributed by atoms with Gasteiger partial charge in [-0.3, -0.25) is 10.1 Å². The summed E-state index contributed by atoms with van der Waals surface area (Å²) in [5.41, 5.74) is 0.114. The van der Waals surface area contributed by atoms with E-state index in [4.69, 9.17) is 10.00 Å². The molecule has 0 spiro atoms. The highest BCUT2D eigenvalue weighted by atomic mass is 127. The molecule has 0 bridgehead atoms. The summed E-state index contributed by atoms with van der Waals surface area (Å²) in [6.07, 6.45) is 1.87. The molecule has 7 heteroatoms. The Morgan fingerprint density at radius 1 is 1.55 bits per heavy atom. The predicted octanol–water partition coefficient (Wildman–Crippen LogP) is 4.26. The number of rotatable bonds is 7. The molecule has 108 valence electrons. The van der Waals surface area contributed by atoms with Gasteiger partial charge in [-0.15, -0.1) is 0 Å². The van der Waals surface area contributed by atoms with Crippen LogP contribution in [0.2, 0.25) is 0 Å². The van der Waals surface area contributed by atoms with Gasteiger partial charge in [0.2, 0.25) is 5.75 Å². The number of nitro groups is 1. The number of alkyl halides is 1. The number of hydrogen-bond acceptors (Lipinski definition) is 4. The number of benzene rings is 1. The molecule has 0 aromatic heterocycles. The Morgan fingerprint density at radius 3 is 2.80 bits per heavy atom. The van der Waals surface area contributed by atoms with Gasteiger partial charge in [-0.1, -0.05) is 22.9 Å². The Kier molecular flexibility index (Phi) is 7.23. The van der Waals surface area contributed by atoms with Crippen LogP contribution in [0.4, 0.5) is 5.69 Å². The van der Waals surface area contributed by atoms with Crippen molar-refractivity contribution in [2.45, 2.75) is 19.8 Å². The van der Waals surface area contributed by atoms with Crippen LogP contribution in [0.5, 0.6) is 5.75 Å². The molecular formula is C13H14BrIN2O3. The van der Waals surface area contributed by atoms with Gasteiger partial charge >= 0.3 is 5.69 Å².